The summed E-state index contributed by atoms with van der Waals surface area (Å²) in [6, 6.07) is -0.610. The van der Waals surface area contributed by atoms with Gasteiger partial charge >= 0.3 is 6.41 Å². The number of hydrogen-bond acceptors (Lipinski definition) is 3. The Hall–Kier alpha value is -1.91. The first-order valence-corrected chi connectivity index (χ1v) is 7.02. The molecule has 0 aromatic rings. The first-order valence-electron chi connectivity index (χ1n) is 7.02. The van der Waals surface area contributed by atoms with E-state index in [2.05, 4.69) is 5.32 Å². The van der Waals surface area contributed by atoms with E-state index in [0.29, 0.717) is 19.4 Å². The highest BCUT2D eigenvalue weighted by molar-refractivity contribution is 5.98. The second-order valence-corrected chi connectivity index (χ2v) is 5.19. The number of nitrogens with zero attached hydrogens (tertiary/aromatic N) is 1. The maximum atomic E-state index is 12.3. The van der Waals surface area contributed by atoms with Gasteiger partial charge in [0.1, 0.15) is 6.04 Å². The number of hydrogen-bond donors (Lipinski definition) is 1. The fourth-order valence-corrected chi connectivity index (χ4v) is 2.61. The van der Waals surface area contributed by atoms with E-state index in [1.807, 2.05) is 24.3 Å². The molecule has 20 heavy (non-hydrogen) atoms. The van der Waals surface area contributed by atoms with E-state index in [9.17, 15) is 14.4 Å². The molecular formula is C15H19N2O3. The SMILES string of the molecule is O=[C]N[C@H]1CCCCN(C(=O)CC2C=CC=CC2)C1=O. The number of likely N-dealkylation sites (tertiary alicyclic amines) is 1. The van der Waals surface area contributed by atoms with Crippen molar-refractivity contribution in [2.75, 3.05) is 6.54 Å². The van der Waals surface area contributed by atoms with Crippen LogP contribution in [0.5, 0.6) is 0 Å². The minimum atomic E-state index is -0.610. The maximum absolute atomic E-state index is 12.3. The lowest BCUT2D eigenvalue weighted by molar-refractivity contribution is -0.145. The molecular weight excluding hydrogens is 256 g/mol. The Kier molecular flexibility index (Phi) is 5.09. The molecule has 1 heterocycles. The predicted molar refractivity (Wildman–Crippen MR) is 74.2 cm³/mol. The van der Waals surface area contributed by atoms with Crippen LogP contribution >= 0.6 is 0 Å². The lowest BCUT2D eigenvalue weighted by Gasteiger charge is -2.23. The molecule has 2 atom stereocenters. The molecule has 1 aliphatic carbocycles. The largest absolute Gasteiger partial charge is 0.336 e. The van der Waals surface area contributed by atoms with Crippen LogP contribution in [-0.4, -0.2) is 35.7 Å². The van der Waals surface area contributed by atoms with Gasteiger partial charge in [0.25, 0.3) is 5.91 Å². The average Bonchev–Trinajstić information content (AvgIpc) is 2.63. The van der Waals surface area contributed by atoms with Gasteiger partial charge in [-0.25, -0.2) is 0 Å². The van der Waals surface area contributed by atoms with Crippen molar-refractivity contribution in [1.82, 2.24) is 10.2 Å². The average molecular weight is 275 g/mol. The number of nitrogens with one attached hydrogen (secondary N) is 1. The summed E-state index contributed by atoms with van der Waals surface area (Å²) < 4.78 is 0. The number of allylic oxidation sites excluding steroid dienone is 4. The molecule has 1 saturated heterocycles. The van der Waals surface area contributed by atoms with Crippen LogP contribution in [0, 0.1) is 5.92 Å². The van der Waals surface area contributed by atoms with E-state index in [-0.39, 0.29) is 17.7 Å². The van der Waals surface area contributed by atoms with Crippen molar-refractivity contribution < 1.29 is 14.4 Å². The molecule has 0 aromatic heterocycles. The fourth-order valence-electron chi connectivity index (χ4n) is 2.61. The molecule has 2 rings (SSSR count). The Bertz CT molecular complexity index is 442. The maximum Gasteiger partial charge on any atom is 0.309 e. The van der Waals surface area contributed by atoms with Gasteiger partial charge in [0, 0.05) is 13.0 Å². The normalized spacial score (nSPS) is 26.2. The van der Waals surface area contributed by atoms with E-state index in [1.54, 1.807) is 6.41 Å². The number of imide groups is 1. The van der Waals surface area contributed by atoms with E-state index >= 15 is 0 Å². The van der Waals surface area contributed by atoms with E-state index in [0.717, 1.165) is 19.3 Å². The van der Waals surface area contributed by atoms with Crippen molar-refractivity contribution in [3.63, 3.8) is 0 Å². The molecule has 1 N–H and O–H groups in total. The standard InChI is InChI=1S/C15H19N2O3/c18-11-16-13-8-4-5-9-17(15(13)20)14(19)10-12-6-2-1-3-7-12/h1-3,6,12-13H,4-5,7-10H2,(H,16,18)/t12?,13-/m0/s1. The summed E-state index contributed by atoms with van der Waals surface area (Å²) in [6.45, 7) is 0.445. The van der Waals surface area contributed by atoms with Gasteiger partial charge in [-0.1, -0.05) is 24.3 Å². The summed E-state index contributed by atoms with van der Waals surface area (Å²) in [5.74, 6) is -0.293. The number of carbonyl (C=O) groups excluding carboxylic acids is 3. The second kappa shape index (κ2) is 7.03. The zero-order chi connectivity index (χ0) is 14.4. The highest BCUT2D eigenvalue weighted by atomic mass is 16.2. The molecule has 1 aliphatic heterocycles. The number of carbonyl (C=O) groups is 2. The second-order valence-electron chi connectivity index (χ2n) is 5.19. The Morgan fingerprint density at radius 1 is 1.40 bits per heavy atom. The van der Waals surface area contributed by atoms with Gasteiger partial charge in [-0.2, -0.15) is 0 Å². The monoisotopic (exact) mass is 275 g/mol. The van der Waals surface area contributed by atoms with Gasteiger partial charge in [-0.05, 0) is 31.6 Å². The number of rotatable bonds is 4. The van der Waals surface area contributed by atoms with Crippen molar-refractivity contribution in [3.05, 3.63) is 24.3 Å². The molecule has 107 valence electrons. The van der Waals surface area contributed by atoms with Gasteiger partial charge < -0.3 is 5.32 Å². The summed E-state index contributed by atoms with van der Waals surface area (Å²) in [5.41, 5.74) is 0. The Morgan fingerprint density at radius 2 is 2.25 bits per heavy atom. The Morgan fingerprint density at radius 3 is 2.95 bits per heavy atom. The van der Waals surface area contributed by atoms with E-state index < -0.39 is 6.04 Å². The van der Waals surface area contributed by atoms with Crippen molar-refractivity contribution in [2.45, 2.75) is 38.1 Å². The van der Waals surface area contributed by atoms with Crippen LogP contribution in [-0.2, 0) is 14.4 Å². The molecule has 0 saturated carbocycles. The topological polar surface area (TPSA) is 66.5 Å². The molecule has 0 aromatic carbocycles. The van der Waals surface area contributed by atoms with Crippen LogP contribution in [0.3, 0.4) is 0 Å². The first kappa shape index (κ1) is 14.5. The quantitative estimate of drug-likeness (QED) is 0.781. The molecule has 1 unspecified atom stereocenters. The first-order chi connectivity index (χ1) is 9.72. The third-order valence-corrected chi connectivity index (χ3v) is 3.73. The summed E-state index contributed by atoms with van der Waals surface area (Å²) >= 11 is 0. The van der Waals surface area contributed by atoms with Crippen LogP contribution in [0.4, 0.5) is 0 Å². The zero-order valence-corrected chi connectivity index (χ0v) is 11.4. The van der Waals surface area contributed by atoms with Gasteiger partial charge in [0.05, 0.1) is 0 Å². The Balaban J connectivity index is 1.99. The highest BCUT2D eigenvalue weighted by Gasteiger charge is 2.31. The predicted octanol–water partition coefficient (Wildman–Crippen LogP) is 1.07. The van der Waals surface area contributed by atoms with Crippen molar-refractivity contribution >= 4 is 18.2 Å². The molecule has 3 amide bonds. The van der Waals surface area contributed by atoms with Crippen molar-refractivity contribution in [2.24, 2.45) is 5.92 Å². The summed E-state index contributed by atoms with van der Waals surface area (Å²) in [7, 11) is 0. The van der Waals surface area contributed by atoms with Gasteiger partial charge in [-0.3, -0.25) is 19.3 Å². The number of amides is 3. The van der Waals surface area contributed by atoms with Crippen molar-refractivity contribution in [3.8, 4) is 0 Å². The third kappa shape index (κ3) is 3.56. The summed E-state index contributed by atoms with van der Waals surface area (Å²) in [5, 5.41) is 2.39. The van der Waals surface area contributed by atoms with E-state index in [4.69, 9.17) is 0 Å². The molecule has 0 spiro atoms. The van der Waals surface area contributed by atoms with Gasteiger partial charge in [0.15, 0.2) is 0 Å². The Labute approximate surface area is 118 Å². The lowest BCUT2D eigenvalue weighted by atomic mass is 9.96. The zero-order valence-electron chi connectivity index (χ0n) is 11.4. The minimum absolute atomic E-state index is 0.153. The molecule has 0 bridgehead atoms. The smallest absolute Gasteiger partial charge is 0.309 e. The minimum Gasteiger partial charge on any atom is -0.336 e. The van der Waals surface area contributed by atoms with Crippen LogP contribution < -0.4 is 5.32 Å². The van der Waals surface area contributed by atoms with Gasteiger partial charge in [0.2, 0.25) is 5.91 Å². The van der Waals surface area contributed by atoms with E-state index in [1.165, 1.54) is 4.90 Å². The van der Waals surface area contributed by atoms with Crippen LogP contribution in [0.2, 0.25) is 0 Å². The van der Waals surface area contributed by atoms with Crippen LogP contribution in [0.15, 0.2) is 24.3 Å². The van der Waals surface area contributed by atoms with Crippen LogP contribution in [0.1, 0.15) is 32.1 Å². The lowest BCUT2D eigenvalue weighted by Crippen LogP contribution is -2.47. The summed E-state index contributed by atoms with van der Waals surface area (Å²) in [4.78, 5) is 36.3. The fraction of sp³-hybridized carbons (Fsp3) is 0.533. The molecule has 2 aliphatic rings. The molecule has 1 fully saturated rings. The molecule has 1 radical (unpaired) electrons. The van der Waals surface area contributed by atoms with Gasteiger partial charge in [-0.15, -0.1) is 0 Å². The third-order valence-electron chi connectivity index (χ3n) is 3.73. The molecule has 5 nitrogen and oxygen atoms in total. The summed E-state index contributed by atoms with van der Waals surface area (Å²) in [6.07, 6.45) is 12.8. The highest BCUT2D eigenvalue weighted by Crippen LogP contribution is 2.19. The van der Waals surface area contributed by atoms with Crippen LogP contribution in [0.25, 0.3) is 0 Å². The van der Waals surface area contributed by atoms with Crippen molar-refractivity contribution in [1.29, 1.82) is 0 Å². The molecule has 5 heteroatoms.